The highest BCUT2D eigenvalue weighted by molar-refractivity contribution is 7.99. The number of methoxy groups -OCH3 is 1. The van der Waals surface area contributed by atoms with Crippen LogP contribution < -0.4 is 10.6 Å². The monoisotopic (exact) mass is 400 g/mol. The van der Waals surface area contributed by atoms with E-state index in [1.807, 2.05) is 32.0 Å². The number of hydrogen-bond acceptors (Lipinski definition) is 4. The summed E-state index contributed by atoms with van der Waals surface area (Å²) in [7, 11) is 1.32. The second kappa shape index (κ2) is 8.48. The lowest BCUT2D eigenvalue weighted by Gasteiger charge is -2.30. The molecular weight excluding hydrogens is 379 g/mol. The molecule has 146 valence electrons. The van der Waals surface area contributed by atoms with Crippen molar-refractivity contribution < 1.29 is 18.7 Å². The molecule has 0 aliphatic carbocycles. The number of amides is 2. The molecule has 2 N–H and O–H groups in total. The van der Waals surface area contributed by atoms with Gasteiger partial charge in [0, 0.05) is 16.3 Å². The molecule has 3 rings (SSSR count). The van der Waals surface area contributed by atoms with Gasteiger partial charge in [-0.3, -0.25) is 0 Å². The Labute approximate surface area is 167 Å². The molecular formula is C21H21FN2O3S. The molecule has 0 fully saturated rings. The number of carbonyl (C=O) groups excluding carboxylic acids is 2. The van der Waals surface area contributed by atoms with E-state index in [1.54, 1.807) is 12.1 Å². The summed E-state index contributed by atoms with van der Waals surface area (Å²) < 4.78 is 18.1. The van der Waals surface area contributed by atoms with Gasteiger partial charge in [0.2, 0.25) is 0 Å². The van der Waals surface area contributed by atoms with Crippen molar-refractivity contribution in [1.29, 1.82) is 0 Å². The molecule has 7 heteroatoms. The van der Waals surface area contributed by atoms with Gasteiger partial charge in [0.05, 0.1) is 18.7 Å². The van der Waals surface area contributed by atoms with Crippen LogP contribution in [-0.4, -0.2) is 24.9 Å². The Bertz CT molecular complexity index is 941. The molecule has 2 aromatic carbocycles. The first-order chi connectivity index (χ1) is 13.4. The Morgan fingerprint density at radius 2 is 1.89 bits per heavy atom. The first-order valence-corrected chi connectivity index (χ1v) is 9.72. The molecule has 2 amide bonds. The molecule has 0 aromatic heterocycles. The molecule has 1 atom stereocenters. The van der Waals surface area contributed by atoms with Crippen molar-refractivity contribution in [3.8, 4) is 0 Å². The van der Waals surface area contributed by atoms with Gasteiger partial charge in [0.25, 0.3) is 0 Å². The highest BCUT2D eigenvalue weighted by atomic mass is 32.2. The largest absolute Gasteiger partial charge is 0.466 e. The summed E-state index contributed by atoms with van der Waals surface area (Å²) in [5, 5.41) is 5.57. The van der Waals surface area contributed by atoms with Crippen molar-refractivity contribution >= 4 is 23.8 Å². The maximum atomic E-state index is 13.1. The molecule has 5 nitrogen and oxygen atoms in total. The van der Waals surface area contributed by atoms with Gasteiger partial charge >= 0.3 is 12.0 Å². The quantitative estimate of drug-likeness (QED) is 0.588. The molecule has 1 aliphatic heterocycles. The number of benzene rings is 2. The maximum absolute atomic E-state index is 13.1. The molecule has 2 aromatic rings. The second-order valence-corrected chi connectivity index (χ2v) is 7.57. The molecule has 28 heavy (non-hydrogen) atoms. The summed E-state index contributed by atoms with van der Waals surface area (Å²) in [5.74, 6) is -0.484. The number of esters is 1. The van der Waals surface area contributed by atoms with E-state index < -0.39 is 12.0 Å². The predicted octanol–water partition coefficient (Wildman–Crippen LogP) is 4.02. The molecule has 0 saturated carbocycles. The first kappa shape index (κ1) is 19.9. The van der Waals surface area contributed by atoms with Crippen LogP contribution in [0.5, 0.6) is 0 Å². The third-order valence-corrected chi connectivity index (χ3v) is 5.54. The number of halogens is 1. The van der Waals surface area contributed by atoms with Crippen molar-refractivity contribution in [2.24, 2.45) is 0 Å². The van der Waals surface area contributed by atoms with Crippen LogP contribution in [-0.2, 0) is 9.53 Å². The van der Waals surface area contributed by atoms with Gasteiger partial charge in [0.1, 0.15) is 5.82 Å². The minimum Gasteiger partial charge on any atom is -0.466 e. The fraction of sp³-hybridized carbons (Fsp3) is 0.238. The number of carbonyl (C=O) groups is 2. The van der Waals surface area contributed by atoms with E-state index in [0.29, 0.717) is 17.0 Å². The number of urea groups is 1. The molecule has 0 spiro atoms. The average Bonchev–Trinajstić information content (AvgIpc) is 2.68. The van der Waals surface area contributed by atoms with Crippen molar-refractivity contribution in [2.45, 2.75) is 24.8 Å². The predicted molar refractivity (Wildman–Crippen MR) is 106 cm³/mol. The van der Waals surface area contributed by atoms with Crippen LogP contribution in [0, 0.1) is 19.7 Å². The summed E-state index contributed by atoms with van der Waals surface area (Å²) in [6, 6.07) is 11.0. The fourth-order valence-electron chi connectivity index (χ4n) is 3.07. The lowest BCUT2D eigenvalue weighted by Crippen LogP contribution is -2.46. The third kappa shape index (κ3) is 4.36. The van der Waals surface area contributed by atoms with Crippen LogP contribution in [0.4, 0.5) is 9.18 Å². The van der Waals surface area contributed by atoms with Crippen LogP contribution in [0.1, 0.15) is 22.7 Å². The SMILES string of the molecule is COC(=O)C1=C(CSc2ccc(F)cc2)NC(=O)NC1c1cc(C)ccc1C. The number of nitrogens with one attached hydrogen (secondary N) is 2. The summed E-state index contributed by atoms with van der Waals surface area (Å²) in [6.07, 6.45) is 0. The van der Waals surface area contributed by atoms with E-state index in [-0.39, 0.29) is 11.8 Å². The zero-order valence-electron chi connectivity index (χ0n) is 15.8. The summed E-state index contributed by atoms with van der Waals surface area (Å²) in [6.45, 7) is 3.89. The van der Waals surface area contributed by atoms with Gasteiger partial charge in [-0.15, -0.1) is 11.8 Å². The average molecular weight is 400 g/mol. The van der Waals surface area contributed by atoms with Gasteiger partial charge in [-0.2, -0.15) is 0 Å². The van der Waals surface area contributed by atoms with Gasteiger partial charge in [-0.05, 0) is 49.2 Å². The molecule has 1 heterocycles. The summed E-state index contributed by atoms with van der Waals surface area (Å²) in [5.41, 5.74) is 3.69. The zero-order valence-corrected chi connectivity index (χ0v) is 16.7. The molecule has 0 radical (unpaired) electrons. The van der Waals surface area contributed by atoms with Crippen molar-refractivity contribution in [2.75, 3.05) is 12.9 Å². The second-order valence-electron chi connectivity index (χ2n) is 6.52. The maximum Gasteiger partial charge on any atom is 0.338 e. The Morgan fingerprint density at radius 1 is 1.18 bits per heavy atom. The highest BCUT2D eigenvalue weighted by Crippen LogP contribution is 2.32. The minimum absolute atomic E-state index is 0.316. The third-order valence-electron chi connectivity index (χ3n) is 4.50. The van der Waals surface area contributed by atoms with Crippen LogP contribution >= 0.6 is 11.8 Å². The Morgan fingerprint density at radius 3 is 2.57 bits per heavy atom. The zero-order chi connectivity index (χ0) is 20.3. The van der Waals surface area contributed by atoms with E-state index >= 15 is 0 Å². The number of thioether (sulfide) groups is 1. The van der Waals surface area contributed by atoms with E-state index in [2.05, 4.69) is 10.6 Å². The normalized spacial score (nSPS) is 16.4. The molecule has 1 aliphatic rings. The lowest BCUT2D eigenvalue weighted by atomic mass is 9.91. The van der Waals surface area contributed by atoms with E-state index in [4.69, 9.17) is 4.74 Å². The first-order valence-electron chi connectivity index (χ1n) is 8.73. The van der Waals surface area contributed by atoms with Gasteiger partial charge in [-0.1, -0.05) is 23.8 Å². The number of aryl methyl sites for hydroxylation is 2. The van der Waals surface area contributed by atoms with Gasteiger partial charge in [0.15, 0.2) is 0 Å². The minimum atomic E-state index is -0.607. The van der Waals surface area contributed by atoms with Gasteiger partial charge in [-0.25, -0.2) is 14.0 Å². The fourth-order valence-corrected chi connectivity index (χ4v) is 3.94. The Balaban J connectivity index is 2.00. The number of hydrogen-bond donors (Lipinski definition) is 2. The van der Waals surface area contributed by atoms with E-state index in [1.165, 1.54) is 31.0 Å². The highest BCUT2D eigenvalue weighted by Gasteiger charge is 2.34. The van der Waals surface area contributed by atoms with Gasteiger partial charge < -0.3 is 15.4 Å². The topological polar surface area (TPSA) is 67.4 Å². The van der Waals surface area contributed by atoms with E-state index in [0.717, 1.165) is 21.6 Å². The van der Waals surface area contributed by atoms with Crippen molar-refractivity contribution in [3.63, 3.8) is 0 Å². The summed E-state index contributed by atoms with van der Waals surface area (Å²) >= 11 is 1.40. The van der Waals surface area contributed by atoms with Crippen molar-refractivity contribution in [3.05, 3.63) is 76.2 Å². The van der Waals surface area contributed by atoms with E-state index in [9.17, 15) is 14.0 Å². The standard InChI is InChI=1S/C21H21FN2O3S/c1-12-4-5-13(2)16(10-12)19-18(20(25)27-3)17(23-21(26)24-19)11-28-15-8-6-14(22)7-9-15/h4-10,19H,11H2,1-3H3,(H2,23,24,26). The van der Waals surface area contributed by atoms with Crippen molar-refractivity contribution in [1.82, 2.24) is 10.6 Å². The Hall–Kier alpha value is -2.80. The number of ether oxygens (including phenoxy) is 1. The lowest BCUT2D eigenvalue weighted by molar-refractivity contribution is -0.136. The van der Waals surface area contributed by atoms with Crippen LogP contribution in [0.25, 0.3) is 0 Å². The van der Waals surface area contributed by atoms with Crippen LogP contribution in [0.2, 0.25) is 0 Å². The molecule has 0 saturated heterocycles. The van der Waals surface area contributed by atoms with Crippen LogP contribution in [0.15, 0.2) is 58.6 Å². The Kier molecular flexibility index (Phi) is 6.04. The van der Waals surface area contributed by atoms with Crippen LogP contribution in [0.3, 0.4) is 0 Å². The molecule has 1 unspecified atom stereocenters. The smallest absolute Gasteiger partial charge is 0.338 e. The molecule has 0 bridgehead atoms. The summed E-state index contributed by atoms with van der Waals surface area (Å²) in [4.78, 5) is 25.7. The number of rotatable bonds is 5.